The Hall–Kier alpha value is -0.120. The van der Waals surface area contributed by atoms with Gasteiger partial charge in [-0.3, -0.25) is 0 Å². The largest absolute Gasteiger partial charge is 0.396 e. The number of hydrogen-bond donors (Lipinski definition) is 3. The molecule has 3 nitrogen and oxygen atoms in total. The molecule has 0 aromatic carbocycles. The van der Waals surface area contributed by atoms with Crippen molar-refractivity contribution in [3.05, 3.63) is 0 Å². The Morgan fingerprint density at radius 2 is 2.29 bits per heavy atom. The third-order valence-electron chi connectivity index (χ3n) is 2.94. The van der Waals surface area contributed by atoms with Gasteiger partial charge in [-0.05, 0) is 31.2 Å². The van der Waals surface area contributed by atoms with Crippen molar-refractivity contribution in [3.8, 4) is 0 Å². The fourth-order valence-corrected chi connectivity index (χ4v) is 1.90. The Bertz CT molecular complexity index is 153. The van der Waals surface area contributed by atoms with Gasteiger partial charge in [-0.25, -0.2) is 0 Å². The molecule has 1 fully saturated rings. The summed E-state index contributed by atoms with van der Waals surface area (Å²) in [5, 5.41) is 15.7. The van der Waals surface area contributed by atoms with Crippen LogP contribution in [-0.2, 0) is 0 Å². The average Bonchev–Trinajstić information content (AvgIpc) is 2.64. The summed E-state index contributed by atoms with van der Waals surface area (Å²) in [4.78, 5) is 0. The molecule has 0 saturated carbocycles. The van der Waals surface area contributed by atoms with E-state index in [9.17, 15) is 0 Å². The second kappa shape index (κ2) is 5.69. The van der Waals surface area contributed by atoms with Gasteiger partial charge < -0.3 is 15.7 Å². The van der Waals surface area contributed by atoms with Gasteiger partial charge in [0.25, 0.3) is 0 Å². The Morgan fingerprint density at radius 3 is 2.86 bits per heavy atom. The zero-order valence-electron chi connectivity index (χ0n) is 9.47. The molecule has 1 atom stereocenters. The number of hydrogen-bond acceptors (Lipinski definition) is 3. The molecule has 0 aliphatic carbocycles. The molecular formula is C11H24N2O. The fraction of sp³-hybridized carbons (Fsp3) is 1.00. The van der Waals surface area contributed by atoms with Crippen LogP contribution in [0.25, 0.3) is 0 Å². The molecule has 1 saturated heterocycles. The van der Waals surface area contributed by atoms with Gasteiger partial charge in [0.1, 0.15) is 0 Å². The van der Waals surface area contributed by atoms with Crippen LogP contribution in [0.5, 0.6) is 0 Å². The van der Waals surface area contributed by atoms with E-state index in [-0.39, 0.29) is 0 Å². The van der Waals surface area contributed by atoms with Crippen LogP contribution in [-0.4, -0.2) is 37.4 Å². The maximum absolute atomic E-state index is 8.78. The molecule has 0 bridgehead atoms. The van der Waals surface area contributed by atoms with Gasteiger partial charge in [-0.2, -0.15) is 0 Å². The Kier molecular flexibility index (Phi) is 4.85. The minimum absolute atomic E-state index is 0.311. The van der Waals surface area contributed by atoms with Crippen LogP contribution in [0.4, 0.5) is 0 Å². The molecule has 84 valence electrons. The zero-order chi connectivity index (χ0) is 10.4. The van der Waals surface area contributed by atoms with Gasteiger partial charge in [0, 0.05) is 25.7 Å². The highest BCUT2D eigenvalue weighted by Crippen LogP contribution is 2.21. The summed E-state index contributed by atoms with van der Waals surface area (Å²) in [5.41, 5.74) is 0.311. The van der Waals surface area contributed by atoms with Crippen molar-refractivity contribution in [1.29, 1.82) is 0 Å². The molecule has 0 radical (unpaired) electrons. The van der Waals surface area contributed by atoms with Crippen molar-refractivity contribution in [1.82, 2.24) is 10.6 Å². The van der Waals surface area contributed by atoms with E-state index in [2.05, 4.69) is 24.5 Å². The molecule has 1 aliphatic rings. The molecule has 0 aromatic rings. The summed E-state index contributed by atoms with van der Waals surface area (Å²) in [6, 6.07) is 0.656. The van der Waals surface area contributed by atoms with Crippen molar-refractivity contribution < 1.29 is 5.11 Å². The highest BCUT2D eigenvalue weighted by molar-refractivity contribution is 4.80. The summed E-state index contributed by atoms with van der Waals surface area (Å²) in [7, 11) is 0. The lowest BCUT2D eigenvalue weighted by Gasteiger charge is -2.26. The molecule has 3 N–H and O–H groups in total. The second-order valence-electron chi connectivity index (χ2n) is 5.06. The van der Waals surface area contributed by atoms with E-state index in [0.717, 1.165) is 32.5 Å². The molecule has 1 heterocycles. The van der Waals surface area contributed by atoms with Crippen LogP contribution in [0.2, 0.25) is 0 Å². The molecule has 1 rings (SSSR count). The number of nitrogens with one attached hydrogen (secondary N) is 2. The summed E-state index contributed by atoms with van der Waals surface area (Å²) in [6.07, 6.45) is 3.25. The number of aliphatic hydroxyl groups excluding tert-OH is 1. The maximum Gasteiger partial charge on any atom is 0.0431 e. The fourth-order valence-electron chi connectivity index (χ4n) is 1.90. The quantitative estimate of drug-likeness (QED) is 0.592. The normalized spacial score (nSPS) is 22.9. The van der Waals surface area contributed by atoms with Gasteiger partial charge in [0.2, 0.25) is 0 Å². The summed E-state index contributed by atoms with van der Waals surface area (Å²) >= 11 is 0. The molecule has 3 heteroatoms. The van der Waals surface area contributed by atoms with Crippen molar-refractivity contribution in [2.75, 3.05) is 26.2 Å². The third-order valence-corrected chi connectivity index (χ3v) is 2.94. The van der Waals surface area contributed by atoms with E-state index in [4.69, 9.17) is 5.11 Å². The number of rotatable bonds is 6. The predicted molar refractivity (Wildman–Crippen MR) is 59.4 cm³/mol. The van der Waals surface area contributed by atoms with Crippen molar-refractivity contribution in [2.24, 2.45) is 5.41 Å². The van der Waals surface area contributed by atoms with Gasteiger partial charge >= 0.3 is 0 Å². The second-order valence-corrected chi connectivity index (χ2v) is 5.06. The highest BCUT2D eigenvalue weighted by atomic mass is 16.2. The molecular weight excluding hydrogens is 176 g/mol. The Labute approximate surface area is 87.3 Å². The smallest absolute Gasteiger partial charge is 0.0431 e. The van der Waals surface area contributed by atoms with E-state index in [1.54, 1.807) is 0 Å². The monoisotopic (exact) mass is 200 g/mol. The van der Waals surface area contributed by atoms with Crippen LogP contribution in [0.15, 0.2) is 0 Å². The Balaban J connectivity index is 2.14. The van der Waals surface area contributed by atoms with Crippen LogP contribution in [0, 0.1) is 5.41 Å². The topological polar surface area (TPSA) is 44.3 Å². The third kappa shape index (κ3) is 4.40. The van der Waals surface area contributed by atoms with Crippen molar-refractivity contribution in [3.63, 3.8) is 0 Å². The van der Waals surface area contributed by atoms with Crippen LogP contribution in [0.3, 0.4) is 0 Å². The predicted octanol–water partition coefficient (Wildman–Crippen LogP) is 0.737. The molecule has 1 aliphatic heterocycles. The first-order valence-electron chi connectivity index (χ1n) is 5.69. The minimum Gasteiger partial charge on any atom is -0.396 e. The van der Waals surface area contributed by atoms with E-state index >= 15 is 0 Å². The van der Waals surface area contributed by atoms with Crippen molar-refractivity contribution >= 4 is 0 Å². The minimum atomic E-state index is 0.311. The average molecular weight is 200 g/mol. The first-order chi connectivity index (χ1) is 6.64. The zero-order valence-corrected chi connectivity index (χ0v) is 9.47. The van der Waals surface area contributed by atoms with Crippen molar-refractivity contribution in [2.45, 2.75) is 39.2 Å². The van der Waals surface area contributed by atoms with Gasteiger partial charge in [0.15, 0.2) is 0 Å². The lowest BCUT2D eigenvalue weighted by atomic mass is 9.87. The molecule has 0 aromatic heterocycles. The van der Waals surface area contributed by atoms with Gasteiger partial charge in [-0.1, -0.05) is 13.8 Å². The summed E-state index contributed by atoms with van der Waals surface area (Å²) < 4.78 is 0. The van der Waals surface area contributed by atoms with Crippen LogP contribution in [0.1, 0.15) is 33.1 Å². The van der Waals surface area contributed by atoms with Gasteiger partial charge in [-0.15, -0.1) is 0 Å². The lowest BCUT2D eigenvalue weighted by Crippen LogP contribution is -2.38. The van der Waals surface area contributed by atoms with Gasteiger partial charge in [0.05, 0.1) is 0 Å². The summed E-state index contributed by atoms with van der Waals surface area (Å²) in [6.45, 7) is 8.15. The van der Waals surface area contributed by atoms with E-state index in [1.165, 1.54) is 6.42 Å². The highest BCUT2D eigenvalue weighted by Gasteiger charge is 2.20. The molecule has 0 amide bonds. The standard InChI is InChI=1S/C11H24N2O/c1-11(2,5-3-7-14)9-13-10-4-6-12-8-10/h10,12-14H,3-9H2,1-2H3. The van der Waals surface area contributed by atoms with E-state index < -0.39 is 0 Å². The molecule has 0 spiro atoms. The lowest BCUT2D eigenvalue weighted by molar-refractivity contribution is 0.232. The van der Waals surface area contributed by atoms with Crippen LogP contribution < -0.4 is 10.6 Å². The molecule has 14 heavy (non-hydrogen) atoms. The first kappa shape index (κ1) is 12.0. The first-order valence-corrected chi connectivity index (χ1v) is 5.69. The molecule has 1 unspecified atom stereocenters. The Morgan fingerprint density at radius 1 is 1.50 bits per heavy atom. The maximum atomic E-state index is 8.78. The van der Waals surface area contributed by atoms with Crippen LogP contribution >= 0.6 is 0 Å². The SMILES string of the molecule is CC(C)(CCCO)CNC1CCNC1. The van der Waals surface area contributed by atoms with E-state index in [1.807, 2.05) is 0 Å². The summed E-state index contributed by atoms with van der Waals surface area (Å²) in [5.74, 6) is 0. The number of aliphatic hydroxyl groups is 1. The van der Waals surface area contributed by atoms with E-state index in [0.29, 0.717) is 18.1 Å².